The van der Waals surface area contributed by atoms with Gasteiger partial charge in [0.05, 0.1) is 26.2 Å². The summed E-state index contributed by atoms with van der Waals surface area (Å²) >= 11 is 0. The Hall–Kier alpha value is -1.91. The van der Waals surface area contributed by atoms with Crippen molar-refractivity contribution in [2.24, 2.45) is 0 Å². The number of nitrogens with one attached hydrogen (secondary N) is 1. The molecule has 0 aromatic heterocycles. The predicted octanol–water partition coefficient (Wildman–Crippen LogP) is 1.26. The summed E-state index contributed by atoms with van der Waals surface area (Å²) < 4.78 is 12.9. The molecule has 1 aliphatic rings. The van der Waals surface area contributed by atoms with Crippen LogP contribution in [0.3, 0.4) is 0 Å². The summed E-state index contributed by atoms with van der Waals surface area (Å²) in [5.41, 5.74) is 2.06. The first-order chi connectivity index (χ1) is 10.7. The number of hydrogen-bond acceptors (Lipinski definition) is 2. The number of para-hydroxylation sites is 1. The van der Waals surface area contributed by atoms with E-state index in [0.29, 0.717) is 6.54 Å². The van der Waals surface area contributed by atoms with Gasteiger partial charge < -0.3 is 14.9 Å². The van der Waals surface area contributed by atoms with E-state index in [1.807, 2.05) is 6.07 Å². The van der Waals surface area contributed by atoms with Crippen LogP contribution in [-0.2, 0) is 0 Å². The molecule has 116 valence electrons. The summed E-state index contributed by atoms with van der Waals surface area (Å²) in [5, 5.41) is 10.3. The van der Waals surface area contributed by atoms with Gasteiger partial charge in [0.25, 0.3) is 0 Å². The van der Waals surface area contributed by atoms with Gasteiger partial charge in [-0.1, -0.05) is 30.3 Å². The lowest BCUT2D eigenvalue weighted by atomic mass is 10.1. The molecule has 22 heavy (non-hydrogen) atoms. The maximum Gasteiger partial charge on any atom is 0.128 e. The Kier molecular flexibility index (Phi) is 4.71. The molecule has 0 bridgehead atoms. The number of benzene rings is 2. The van der Waals surface area contributed by atoms with E-state index in [0.717, 1.165) is 31.7 Å². The lowest BCUT2D eigenvalue weighted by Crippen LogP contribution is -3.15. The topological polar surface area (TPSA) is 27.9 Å². The first-order valence-corrected chi connectivity index (χ1v) is 7.79. The summed E-state index contributed by atoms with van der Waals surface area (Å²) in [5.74, 6) is -0.264. The molecule has 2 aromatic rings. The zero-order valence-electron chi connectivity index (χ0n) is 12.6. The molecule has 0 amide bonds. The average molecular weight is 301 g/mol. The van der Waals surface area contributed by atoms with Crippen LogP contribution in [0.5, 0.6) is 0 Å². The van der Waals surface area contributed by atoms with Crippen molar-refractivity contribution in [1.82, 2.24) is 0 Å². The van der Waals surface area contributed by atoms with Crippen LogP contribution in [0.4, 0.5) is 10.1 Å². The normalized spacial score (nSPS) is 17.5. The Morgan fingerprint density at radius 2 is 1.64 bits per heavy atom. The molecule has 3 rings (SSSR count). The highest BCUT2D eigenvalue weighted by Gasteiger charge is 2.23. The van der Waals surface area contributed by atoms with E-state index in [1.165, 1.54) is 22.7 Å². The molecule has 0 saturated carbocycles. The maximum atomic E-state index is 12.9. The van der Waals surface area contributed by atoms with Crippen LogP contribution in [0.1, 0.15) is 11.7 Å². The molecule has 1 saturated heterocycles. The van der Waals surface area contributed by atoms with Gasteiger partial charge in [0, 0.05) is 5.69 Å². The quantitative estimate of drug-likeness (QED) is 0.890. The SMILES string of the molecule is O[C@@H](C[NH+]1CCN(c2ccccc2)CC1)c1ccc(F)cc1. The van der Waals surface area contributed by atoms with Crippen LogP contribution in [-0.4, -0.2) is 37.8 Å². The third kappa shape index (κ3) is 3.64. The Labute approximate surface area is 130 Å². The van der Waals surface area contributed by atoms with Gasteiger partial charge in [-0.05, 0) is 29.8 Å². The first-order valence-electron chi connectivity index (χ1n) is 7.79. The summed E-state index contributed by atoms with van der Waals surface area (Å²) in [6.45, 7) is 4.68. The fourth-order valence-corrected chi connectivity index (χ4v) is 3.00. The van der Waals surface area contributed by atoms with Gasteiger partial charge in [-0.2, -0.15) is 0 Å². The summed E-state index contributed by atoms with van der Waals surface area (Å²) in [7, 11) is 0. The molecule has 2 N–H and O–H groups in total. The lowest BCUT2D eigenvalue weighted by Gasteiger charge is -2.34. The Bertz CT molecular complexity index is 580. The largest absolute Gasteiger partial charge is 0.382 e. The minimum absolute atomic E-state index is 0.264. The fourth-order valence-electron chi connectivity index (χ4n) is 3.00. The van der Waals surface area contributed by atoms with Crippen molar-refractivity contribution in [3.05, 3.63) is 66.0 Å². The van der Waals surface area contributed by atoms with Crippen LogP contribution >= 0.6 is 0 Å². The second kappa shape index (κ2) is 6.90. The molecular formula is C18H22FN2O+. The highest BCUT2D eigenvalue weighted by Crippen LogP contribution is 2.14. The van der Waals surface area contributed by atoms with Gasteiger partial charge in [0.15, 0.2) is 0 Å². The molecule has 3 nitrogen and oxygen atoms in total. The second-order valence-electron chi connectivity index (χ2n) is 5.84. The van der Waals surface area contributed by atoms with E-state index >= 15 is 0 Å². The van der Waals surface area contributed by atoms with Crippen LogP contribution in [0.2, 0.25) is 0 Å². The van der Waals surface area contributed by atoms with E-state index in [1.54, 1.807) is 12.1 Å². The van der Waals surface area contributed by atoms with Crippen LogP contribution in [0.25, 0.3) is 0 Å². The van der Waals surface area contributed by atoms with E-state index in [4.69, 9.17) is 0 Å². The molecule has 1 heterocycles. The van der Waals surface area contributed by atoms with Crippen molar-refractivity contribution in [3.63, 3.8) is 0 Å². The number of aliphatic hydroxyl groups is 1. The van der Waals surface area contributed by atoms with Gasteiger partial charge in [-0.15, -0.1) is 0 Å². The van der Waals surface area contributed by atoms with E-state index in [-0.39, 0.29) is 5.82 Å². The number of anilines is 1. The van der Waals surface area contributed by atoms with Crippen LogP contribution in [0, 0.1) is 5.82 Å². The summed E-state index contributed by atoms with van der Waals surface area (Å²) in [4.78, 5) is 3.78. The van der Waals surface area contributed by atoms with E-state index in [2.05, 4.69) is 29.2 Å². The molecule has 0 aliphatic carbocycles. The van der Waals surface area contributed by atoms with Gasteiger partial charge in [-0.3, -0.25) is 0 Å². The van der Waals surface area contributed by atoms with Crippen molar-refractivity contribution in [3.8, 4) is 0 Å². The lowest BCUT2D eigenvalue weighted by molar-refractivity contribution is -0.904. The van der Waals surface area contributed by atoms with Gasteiger partial charge >= 0.3 is 0 Å². The average Bonchev–Trinajstić information content (AvgIpc) is 2.57. The van der Waals surface area contributed by atoms with Gasteiger partial charge in [-0.25, -0.2) is 4.39 Å². The number of hydrogen-bond donors (Lipinski definition) is 2. The fraction of sp³-hybridized carbons (Fsp3) is 0.333. The second-order valence-corrected chi connectivity index (χ2v) is 5.84. The molecule has 1 fully saturated rings. The standard InChI is InChI=1S/C18H21FN2O/c19-16-8-6-15(7-9-16)18(22)14-20-10-12-21(13-11-20)17-4-2-1-3-5-17/h1-9,18,22H,10-14H2/p+1/t18-/m0/s1. The minimum atomic E-state index is -0.529. The number of rotatable bonds is 4. The number of nitrogens with zero attached hydrogens (tertiary/aromatic N) is 1. The molecule has 2 aromatic carbocycles. The van der Waals surface area contributed by atoms with Crippen molar-refractivity contribution < 1.29 is 14.4 Å². The Balaban J connectivity index is 1.52. The molecule has 1 atom stereocenters. The molecule has 0 unspecified atom stereocenters. The van der Waals surface area contributed by atoms with Gasteiger partial charge in [0.1, 0.15) is 18.5 Å². The molecule has 1 aliphatic heterocycles. The third-order valence-electron chi connectivity index (χ3n) is 4.33. The summed E-state index contributed by atoms with van der Waals surface area (Å²) in [6, 6.07) is 16.6. The highest BCUT2D eigenvalue weighted by atomic mass is 19.1. The van der Waals surface area contributed by atoms with E-state index in [9.17, 15) is 9.50 Å². The number of piperazine rings is 1. The molecule has 4 heteroatoms. The molecule has 0 spiro atoms. The smallest absolute Gasteiger partial charge is 0.128 e. The molecule has 0 radical (unpaired) electrons. The van der Waals surface area contributed by atoms with Crippen LogP contribution < -0.4 is 9.80 Å². The number of aliphatic hydroxyl groups excluding tert-OH is 1. The zero-order chi connectivity index (χ0) is 15.4. The zero-order valence-corrected chi connectivity index (χ0v) is 12.6. The highest BCUT2D eigenvalue weighted by molar-refractivity contribution is 5.46. The summed E-state index contributed by atoms with van der Waals surface area (Å²) in [6.07, 6.45) is -0.529. The van der Waals surface area contributed by atoms with Crippen molar-refractivity contribution in [2.75, 3.05) is 37.6 Å². The third-order valence-corrected chi connectivity index (χ3v) is 4.33. The first kappa shape index (κ1) is 15.0. The Morgan fingerprint density at radius 3 is 2.27 bits per heavy atom. The van der Waals surface area contributed by atoms with Crippen molar-refractivity contribution in [2.45, 2.75) is 6.10 Å². The number of halogens is 1. The van der Waals surface area contributed by atoms with Crippen LogP contribution in [0.15, 0.2) is 54.6 Å². The van der Waals surface area contributed by atoms with Crippen molar-refractivity contribution in [1.29, 1.82) is 0 Å². The monoisotopic (exact) mass is 301 g/mol. The van der Waals surface area contributed by atoms with Crippen molar-refractivity contribution >= 4 is 5.69 Å². The molecular weight excluding hydrogens is 279 g/mol. The Morgan fingerprint density at radius 1 is 1.00 bits per heavy atom. The van der Waals surface area contributed by atoms with Gasteiger partial charge in [0.2, 0.25) is 0 Å². The maximum absolute atomic E-state index is 12.9. The van der Waals surface area contributed by atoms with E-state index < -0.39 is 6.10 Å². The predicted molar refractivity (Wildman–Crippen MR) is 85.6 cm³/mol. The minimum Gasteiger partial charge on any atom is -0.382 e. The number of quaternary nitrogens is 1.